The first-order valence-electron chi connectivity index (χ1n) is 17.3. The molecule has 2 amide bonds. The maximum atomic E-state index is 13.1. The van der Waals surface area contributed by atoms with Crippen molar-refractivity contribution in [1.82, 2.24) is 19.8 Å². The molecule has 2 aromatic heterocycles. The average molecular weight is 852 g/mol. The van der Waals surface area contributed by atoms with Gasteiger partial charge >= 0.3 is 6.18 Å². The van der Waals surface area contributed by atoms with Gasteiger partial charge < -0.3 is 10.6 Å². The maximum Gasteiger partial charge on any atom is 0.416 e. The van der Waals surface area contributed by atoms with E-state index >= 15 is 0 Å². The zero-order chi connectivity index (χ0) is 42.4. The second kappa shape index (κ2) is 18.1. The molecule has 16 heteroatoms. The molecule has 0 aliphatic carbocycles. The summed E-state index contributed by atoms with van der Waals surface area (Å²) in [5, 5.41) is 6.54. The van der Waals surface area contributed by atoms with Gasteiger partial charge in [-0.15, -0.1) is 0 Å². The van der Waals surface area contributed by atoms with Crippen molar-refractivity contribution in [2.75, 3.05) is 6.26 Å². The van der Waals surface area contributed by atoms with Gasteiger partial charge in [0.2, 0.25) is 0 Å². The second-order valence-electron chi connectivity index (χ2n) is 13.0. The first-order valence-corrected chi connectivity index (χ1v) is 20.0. The summed E-state index contributed by atoms with van der Waals surface area (Å²) in [4.78, 5) is 50.9. The molecule has 2 N–H and O–H groups in total. The third kappa shape index (κ3) is 10.7. The van der Waals surface area contributed by atoms with E-state index in [4.69, 9.17) is 23.2 Å². The molecule has 6 aromatic rings. The highest BCUT2D eigenvalue weighted by Gasteiger charge is 2.31. The Balaban J connectivity index is 0.000000226. The van der Waals surface area contributed by atoms with Crippen LogP contribution in [0.4, 0.5) is 13.2 Å². The minimum Gasteiger partial charge on any atom is -0.348 e. The number of hydrogen-bond donors (Lipinski definition) is 2. The number of nitrogens with one attached hydrogen (secondary N) is 2. The quantitative estimate of drug-likeness (QED) is 0.152. The highest BCUT2D eigenvalue weighted by Crippen LogP contribution is 2.30. The molecule has 0 spiro atoms. The molecular weight excluding hydrogens is 816 g/mol. The van der Waals surface area contributed by atoms with Gasteiger partial charge in [-0.1, -0.05) is 53.5 Å². The minimum absolute atomic E-state index is 0.00617. The van der Waals surface area contributed by atoms with E-state index < -0.39 is 39.0 Å². The largest absolute Gasteiger partial charge is 0.416 e. The molecule has 58 heavy (non-hydrogen) atoms. The summed E-state index contributed by atoms with van der Waals surface area (Å²) in [6.45, 7) is 3.70. The first-order chi connectivity index (χ1) is 27.3. The van der Waals surface area contributed by atoms with Crippen LogP contribution in [0.15, 0.2) is 136 Å². The Labute approximate surface area is 341 Å². The fourth-order valence-electron chi connectivity index (χ4n) is 5.67. The summed E-state index contributed by atoms with van der Waals surface area (Å²) in [7, 11) is -3.35. The van der Waals surface area contributed by atoms with Crippen LogP contribution in [0, 0.1) is 13.8 Å². The molecule has 0 atom stereocenters. The molecule has 0 aliphatic rings. The number of nitrogens with zero attached hydrogens (tertiary/aromatic N) is 2. The number of pyridine rings is 2. The zero-order valence-corrected chi connectivity index (χ0v) is 33.4. The van der Waals surface area contributed by atoms with Crippen LogP contribution in [0.1, 0.15) is 48.8 Å². The monoisotopic (exact) mass is 850 g/mol. The topological polar surface area (TPSA) is 136 Å². The van der Waals surface area contributed by atoms with E-state index in [-0.39, 0.29) is 33.8 Å². The van der Waals surface area contributed by atoms with Gasteiger partial charge in [0.25, 0.3) is 22.9 Å². The number of hydrogen-bond acceptors (Lipinski definition) is 6. The van der Waals surface area contributed by atoms with E-state index in [0.717, 1.165) is 34.2 Å². The number of rotatable bonds is 9. The van der Waals surface area contributed by atoms with Crippen molar-refractivity contribution in [3.05, 3.63) is 191 Å². The average Bonchev–Trinajstić information content (AvgIpc) is 3.17. The standard InChI is InChI=1S/C22H19F3N2O4S.C20H16Cl2N2O2/c1-14-6-11-19(20(28)26-13-15-7-9-18(10-8-15)32(2,30)31)21(29)27(14)17-5-3-4-16(12-17)22(23,24)25;1-13-2-11-18(19(25)23-12-14-3-5-15(21)6-4-14)20(26)24(13)17-9-7-16(22)8-10-17/h3-12H,13H2,1-2H3,(H,26,28);2-11H,12H2,1H3,(H,23,25). The lowest BCUT2D eigenvalue weighted by atomic mass is 10.1. The Morgan fingerprint density at radius 2 is 1.05 bits per heavy atom. The number of benzene rings is 4. The van der Waals surface area contributed by atoms with Crippen molar-refractivity contribution in [3.8, 4) is 11.4 Å². The van der Waals surface area contributed by atoms with Crippen LogP contribution in [-0.2, 0) is 29.1 Å². The van der Waals surface area contributed by atoms with E-state index in [1.807, 2.05) is 19.1 Å². The van der Waals surface area contributed by atoms with Gasteiger partial charge in [0.1, 0.15) is 11.1 Å². The lowest BCUT2D eigenvalue weighted by Gasteiger charge is -2.14. The Hall–Kier alpha value is -5.96. The van der Waals surface area contributed by atoms with Gasteiger partial charge in [0.05, 0.1) is 10.5 Å². The van der Waals surface area contributed by atoms with Gasteiger partial charge in [0.15, 0.2) is 9.84 Å². The van der Waals surface area contributed by atoms with Crippen molar-refractivity contribution in [1.29, 1.82) is 0 Å². The van der Waals surface area contributed by atoms with Crippen molar-refractivity contribution in [2.24, 2.45) is 0 Å². The smallest absolute Gasteiger partial charge is 0.348 e. The maximum absolute atomic E-state index is 13.1. The predicted octanol–water partition coefficient (Wildman–Crippen LogP) is 7.88. The lowest BCUT2D eigenvalue weighted by Crippen LogP contribution is -2.33. The zero-order valence-electron chi connectivity index (χ0n) is 31.1. The molecule has 2 heterocycles. The summed E-state index contributed by atoms with van der Waals surface area (Å²) >= 11 is 11.8. The molecule has 0 saturated heterocycles. The molecule has 0 fully saturated rings. The summed E-state index contributed by atoms with van der Waals surface area (Å²) in [5.74, 6) is -1.13. The van der Waals surface area contributed by atoms with Gasteiger partial charge in [-0.05, 0) is 116 Å². The van der Waals surface area contributed by atoms with E-state index in [1.54, 1.807) is 55.5 Å². The molecule has 6 rings (SSSR count). The highest BCUT2D eigenvalue weighted by molar-refractivity contribution is 7.90. The molecule has 0 aliphatic heterocycles. The molecule has 300 valence electrons. The van der Waals surface area contributed by atoms with Crippen LogP contribution in [-0.4, -0.2) is 35.6 Å². The van der Waals surface area contributed by atoms with Gasteiger partial charge in [-0.25, -0.2) is 8.42 Å². The number of aryl methyl sites for hydroxylation is 2. The van der Waals surface area contributed by atoms with E-state index in [1.165, 1.54) is 53.1 Å². The third-order valence-corrected chi connectivity index (χ3v) is 10.4. The van der Waals surface area contributed by atoms with Crippen molar-refractivity contribution in [3.63, 3.8) is 0 Å². The first kappa shape index (κ1) is 43.2. The minimum atomic E-state index is -4.57. The molecule has 4 aromatic carbocycles. The number of sulfone groups is 1. The SMILES string of the molecule is Cc1ccc(C(=O)NCc2ccc(Cl)cc2)c(=O)n1-c1ccc(Cl)cc1.Cc1ccc(C(=O)NCc2ccc(S(C)(=O)=O)cc2)c(=O)n1-c1cccc(C(F)(F)F)c1. The number of carbonyl (C=O) groups is 2. The van der Waals surface area contributed by atoms with E-state index in [0.29, 0.717) is 33.5 Å². The molecule has 0 radical (unpaired) electrons. The molecule has 10 nitrogen and oxygen atoms in total. The summed E-state index contributed by atoms with van der Waals surface area (Å²) < 4.78 is 64.7. The van der Waals surface area contributed by atoms with Crippen LogP contribution < -0.4 is 21.8 Å². The predicted molar refractivity (Wildman–Crippen MR) is 217 cm³/mol. The summed E-state index contributed by atoms with van der Waals surface area (Å²) in [5.41, 5.74) is 1.06. The van der Waals surface area contributed by atoms with Crippen molar-refractivity contribution < 1.29 is 31.2 Å². The Morgan fingerprint density at radius 3 is 1.50 bits per heavy atom. The number of halogens is 5. The molecule has 0 bridgehead atoms. The summed E-state index contributed by atoms with van der Waals surface area (Å²) in [6.07, 6.45) is -3.49. The van der Waals surface area contributed by atoms with Crippen LogP contribution in [0.5, 0.6) is 0 Å². The molecular formula is C42H35Cl2F3N4O6S. The van der Waals surface area contributed by atoms with Crippen LogP contribution in [0.2, 0.25) is 10.0 Å². The van der Waals surface area contributed by atoms with Crippen LogP contribution in [0.25, 0.3) is 11.4 Å². The normalized spacial score (nSPS) is 11.3. The van der Waals surface area contributed by atoms with E-state index in [9.17, 15) is 40.8 Å². The van der Waals surface area contributed by atoms with Crippen LogP contribution >= 0.6 is 23.2 Å². The van der Waals surface area contributed by atoms with Gasteiger partial charge in [0, 0.05) is 52.2 Å². The van der Waals surface area contributed by atoms with Crippen molar-refractivity contribution >= 4 is 44.9 Å². The van der Waals surface area contributed by atoms with Crippen molar-refractivity contribution in [2.45, 2.75) is 38.0 Å². The number of amides is 2. The fourth-order valence-corrected chi connectivity index (χ4v) is 6.55. The fraction of sp³-hybridized carbons (Fsp3) is 0.143. The second-order valence-corrected chi connectivity index (χ2v) is 15.9. The van der Waals surface area contributed by atoms with Crippen LogP contribution in [0.3, 0.4) is 0 Å². The number of aromatic nitrogens is 2. The van der Waals surface area contributed by atoms with Gasteiger partial charge in [-0.3, -0.25) is 28.3 Å². The highest BCUT2D eigenvalue weighted by atomic mass is 35.5. The third-order valence-electron chi connectivity index (χ3n) is 8.73. The molecule has 0 unspecified atom stereocenters. The van der Waals surface area contributed by atoms with Gasteiger partial charge in [-0.2, -0.15) is 13.2 Å². The lowest BCUT2D eigenvalue weighted by molar-refractivity contribution is -0.137. The number of alkyl halides is 3. The molecule has 0 saturated carbocycles. The Bertz CT molecular complexity index is 2700. The number of carbonyl (C=O) groups excluding carboxylic acids is 2. The Morgan fingerprint density at radius 1 is 0.621 bits per heavy atom. The van der Waals surface area contributed by atoms with E-state index in [2.05, 4.69) is 10.6 Å². The summed E-state index contributed by atoms with van der Waals surface area (Å²) in [6, 6.07) is 30.3. The Kier molecular flexibility index (Phi) is 13.5.